The monoisotopic (exact) mass is 246 g/mol. The van der Waals surface area contributed by atoms with Crippen molar-refractivity contribution in [2.24, 2.45) is 5.92 Å². The average molecular weight is 246 g/mol. The van der Waals surface area contributed by atoms with E-state index < -0.39 is 0 Å². The van der Waals surface area contributed by atoms with E-state index in [2.05, 4.69) is 42.3 Å². The average Bonchev–Trinajstić information content (AvgIpc) is 2.68. The molecule has 0 bridgehead atoms. The number of para-hydroxylation sites is 1. The predicted molar refractivity (Wildman–Crippen MR) is 74.1 cm³/mol. The first-order valence-corrected chi connectivity index (χ1v) is 6.96. The third-order valence-electron chi connectivity index (χ3n) is 4.05. The molecule has 1 aromatic rings. The second-order valence-corrected chi connectivity index (χ2v) is 5.69. The maximum atomic E-state index is 5.84. The van der Waals surface area contributed by atoms with Gasteiger partial charge in [0.2, 0.25) is 0 Å². The highest BCUT2D eigenvalue weighted by molar-refractivity contribution is 5.61. The van der Waals surface area contributed by atoms with E-state index in [9.17, 15) is 0 Å². The standard InChI is InChI=1S/C15H22N2O/c1-11-8-12(2)17(9-11)10-13-4-3-5-14-15(13)18-7-6-16-14/h3-5,11-12,16H,6-10H2,1-2H3. The number of hydrogen-bond acceptors (Lipinski definition) is 3. The van der Waals surface area contributed by atoms with Crippen LogP contribution in [0.1, 0.15) is 25.8 Å². The molecule has 2 atom stereocenters. The predicted octanol–water partition coefficient (Wildman–Crippen LogP) is 2.72. The molecule has 0 radical (unpaired) electrons. The van der Waals surface area contributed by atoms with Crippen molar-refractivity contribution in [1.82, 2.24) is 4.90 Å². The van der Waals surface area contributed by atoms with Gasteiger partial charge in [-0.3, -0.25) is 4.90 Å². The summed E-state index contributed by atoms with van der Waals surface area (Å²) in [6.07, 6.45) is 1.31. The molecule has 0 spiro atoms. The van der Waals surface area contributed by atoms with Crippen LogP contribution in [0, 0.1) is 5.92 Å². The number of likely N-dealkylation sites (tertiary alicyclic amines) is 1. The maximum Gasteiger partial charge on any atom is 0.146 e. The molecule has 0 aliphatic carbocycles. The number of fused-ring (bicyclic) bond motifs is 1. The summed E-state index contributed by atoms with van der Waals surface area (Å²) in [7, 11) is 0. The van der Waals surface area contributed by atoms with Gasteiger partial charge in [0.25, 0.3) is 0 Å². The van der Waals surface area contributed by atoms with E-state index in [1.165, 1.54) is 18.5 Å². The molecule has 18 heavy (non-hydrogen) atoms. The smallest absolute Gasteiger partial charge is 0.146 e. The Bertz CT molecular complexity index is 433. The molecule has 1 saturated heterocycles. The summed E-state index contributed by atoms with van der Waals surface area (Å²) >= 11 is 0. The van der Waals surface area contributed by atoms with Crippen LogP contribution in [-0.4, -0.2) is 30.6 Å². The number of benzene rings is 1. The molecule has 1 N–H and O–H groups in total. The van der Waals surface area contributed by atoms with Gasteiger partial charge in [-0.15, -0.1) is 0 Å². The van der Waals surface area contributed by atoms with Crippen LogP contribution in [-0.2, 0) is 6.54 Å². The van der Waals surface area contributed by atoms with E-state index in [0.29, 0.717) is 6.04 Å². The van der Waals surface area contributed by atoms with Crippen molar-refractivity contribution >= 4 is 5.69 Å². The highest BCUT2D eigenvalue weighted by Gasteiger charge is 2.27. The molecule has 2 aliphatic heterocycles. The zero-order valence-electron chi connectivity index (χ0n) is 11.3. The second kappa shape index (κ2) is 4.81. The molecule has 3 rings (SSSR count). The number of hydrogen-bond donors (Lipinski definition) is 1. The van der Waals surface area contributed by atoms with Crippen LogP contribution in [0.3, 0.4) is 0 Å². The molecule has 0 saturated carbocycles. The molecule has 3 heteroatoms. The number of ether oxygens (including phenoxy) is 1. The quantitative estimate of drug-likeness (QED) is 0.868. The molecule has 1 aromatic carbocycles. The summed E-state index contributed by atoms with van der Waals surface area (Å²) in [5.74, 6) is 1.88. The lowest BCUT2D eigenvalue weighted by Crippen LogP contribution is -2.27. The van der Waals surface area contributed by atoms with Crippen molar-refractivity contribution < 1.29 is 4.74 Å². The SMILES string of the molecule is CC1CC(C)N(Cc2cccc3c2OCCN3)C1. The molecule has 98 valence electrons. The molecule has 0 amide bonds. The lowest BCUT2D eigenvalue weighted by Gasteiger charge is -2.26. The van der Waals surface area contributed by atoms with Gasteiger partial charge in [-0.25, -0.2) is 0 Å². The second-order valence-electron chi connectivity index (χ2n) is 5.69. The van der Waals surface area contributed by atoms with Crippen molar-refractivity contribution in [3.8, 4) is 5.75 Å². The largest absolute Gasteiger partial charge is 0.489 e. The fourth-order valence-electron chi connectivity index (χ4n) is 3.18. The minimum absolute atomic E-state index is 0.687. The van der Waals surface area contributed by atoms with Crippen molar-refractivity contribution in [3.63, 3.8) is 0 Å². The van der Waals surface area contributed by atoms with Crippen LogP contribution in [0.4, 0.5) is 5.69 Å². The molecular weight excluding hydrogens is 224 g/mol. The Morgan fingerprint density at radius 3 is 3.06 bits per heavy atom. The van der Waals surface area contributed by atoms with Crippen LogP contribution in [0.2, 0.25) is 0 Å². The lowest BCUT2D eigenvalue weighted by molar-refractivity contribution is 0.247. The van der Waals surface area contributed by atoms with Gasteiger partial charge in [-0.1, -0.05) is 19.1 Å². The molecule has 1 fully saturated rings. The number of anilines is 1. The van der Waals surface area contributed by atoms with Crippen LogP contribution in [0.5, 0.6) is 5.75 Å². The van der Waals surface area contributed by atoms with Gasteiger partial charge >= 0.3 is 0 Å². The zero-order chi connectivity index (χ0) is 12.5. The van der Waals surface area contributed by atoms with E-state index in [1.54, 1.807) is 0 Å². The van der Waals surface area contributed by atoms with Gasteiger partial charge in [0.1, 0.15) is 12.4 Å². The summed E-state index contributed by atoms with van der Waals surface area (Å²) in [6, 6.07) is 7.11. The van der Waals surface area contributed by atoms with Crippen molar-refractivity contribution in [2.75, 3.05) is 25.0 Å². The van der Waals surface area contributed by atoms with Crippen LogP contribution >= 0.6 is 0 Å². The van der Waals surface area contributed by atoms with Crippen LogP contribution in [0.25, 0.3) is 0 Å². The Balaban J connectivity index is 1.80. The molecular formula is C15H22N2O. The third kappa shape index (κ3) is 2.19. The van der Waals surface area contributed by atoms with E-state index in [1.807, 2.05) is 0 Å². The van der Waals surface area contributed by atoms with E-state index in [0.717, 1.165) is 37.1 Å². The van der Waals surface area contributed by atoms with E-state index in [-0.39, 0.29) is 0 Å². The van der Waals surface area contributed by atoms with Crippen LogP contribution < -0.4 is 10.1 Å². The van der Waals surface area contributed by atoms with Crippen LogP contribution in [0.15, 0.2) is 18.2 Å². The Hall–Kier alpha value is -1.22. The summed E-state index contributed by atoms with van der Waals surface area (Å²) in [5, 5.41) is 3.40. The first kappa shape index (κ1) is 11.8. The summed E-state index contributed by atoms with van der Waals surface area (Å²) in [5.41, 5.74) is 2.47. The number of rotatable bonds is 2. The molecule has 2 heterocycles. The highest BCUT2D eigenvalue weighted by atomic mass is 16.5. The summed E-state index contributed by atoms with van der Waals surface area (Å²) in [4.78, 5) is 2.57. The molecule has 2 unspecified atom stereocenters. The molecule has 2 aliphatic rings. The van der Waals surface area contributed by atoms with Crippen molar-refractivity contribution in [2.45, 2.75) is 32.9 Å². The zero-order valence-corrected chi connectivity index (χ0v) is 11.3. The molecule has 3 nitrogen and oxygen atoms in total. The van der Waals surface area contributed by atoms with Gasteiger partial charge in [0, 0.05) is 31.2 Å². The Kier molecular flexibility index (Phi) is 3.16. The van der Waals surface area contributed by atoms with Gasteiger partial charge in [-0.05, 0) is 25.3 Å². The first-order chi connectivity index (χ1) is 8.74. The third-order valence-corrected chi connectivity index (χ3v) is 4.05. The van der Waals surface area contributed by atoms with Gasteiger partial charge < -0.3 is 10.1 Å². The Morgan fingerprint density at radius 1 is 1.39 bits per heavy atom. The summed E-state index contributed by atoms with van der Waals surface area (Å²) < 4.78 is 5.84. The number of nitrogens with one attached hydrogen (secondary N) is 1. The molecule has 0 aromatic heterocycles. The summed E-state index contributed by atoms with van der Waals surface area (Å²) in [6.45, 7) is 8.57. The topological polar surface area (TPSA) is 24.5 Å². The maximum absolute atomic E-state index is 5.84. The normalized spacial score (nSPS) is 27.4. The highest BCUT2D eigenvalue weighted by Crippen LogP contribution is 2.34. The first-order valence-electron chi connectivity index (χ1n) is 6.96. The Labute approximate surface area is 109 Å². The van der Waals surface area contributed by atoms with Gasteiger partial charge in [-0.2, -0.15) is 0 Å². The fraction of sp³-hybridized carbons (Fsp3) is 0.600. The minimum Gasteiger partial charge on any atom is -0.489 e. The van der Waals surface area contributed by atoms with Crippen molar-refractivity contribution in [3.05, 3.63) is 23.8 Å². The van der Waals surface area contributed by atoms with Gasteiger partial charge in [0.05, 0.1) is 5.69 Å². The van der Waals surface area contributed by atoms with E-state index >= 15 is 0 Å². The Morgan fingerprint density at radius 2 is 2.28 bits per heavy atom. The minimum atomic E-state index is 0.687. The fourth-order valence-corrected chi connectivity index (χ4v) is 3.18. The van der Waals surface area contributed by atoms with Crippen molar-refractivity contribution in [1.29, 1.82) is 0 Å². The number of nitrogens with zero attached hydrogens (tertiary/aromatic N) is 1. The lowest BCUT2D eigenvalue weighted by atomic mass is 10.1. The van der Waals surface area contributed by atoms with E-state index in [4.69, 9.17) is 4.74 Å². The van der Waals surface area contributed by atoms with Gasteiger partial charge in [0.15, 0.2) is 0 Å².